The predicted octanol–water partition coefficient (Wildman–Crippen LogP) is 2.37. The van der Waals surface area contributed by atoms with Gasteiger partial charge in [0, 0.05) is 7.11 Å². The van der Waals surface area contributed by atoms with Crippen LogP contribution in [0.15, 0.2) is 36.4 Å². The maximum Gasteiger partial charge on any atom is 0.508 e. The zero-order valence-electron chi connectivity index (χ0n) is 8.29. The van der Waals surface area contributed by atoms with Gasteiger partial charge >= 0.3 is 6.16 Å². The van der Waals surface area contributed by atoms with Gasteiger partial charge < -0.3 is 14.6 Å². The smallest absolute Gasteiger partial charge is 0.450 e. The zero-order valence-corrected chi connectivity index (χ0v) is 8.29. The Labute approximate surface area is 87.7 Å². The number of benzene rings is 1. The van der Waals surface area contributed by atoms with E-state index in [0.717, 1.165) is 5.56 Å². The van der Waals surface area contributed by atoms with E-state index in [0.29, 0.717) is 0 Å². The Morgan fingerprint density at radius 2 is 2.07 bits per heavy atom. The molecule has 0 aromatic heterocycles. The molecule has 1 aromatic carbocycles. The number of ether oxygens (including phenoxy) is 2. The van der Waals surface area contributed by atoms with Gasteiger partial charge in [-0.3, -0.25) is 0 Å². The molecule has 0 spiro atoms. The molecule has 1 unspecified atom stereocenters. The van der Waals surface area contributed by atoms with Gasteiger partial charge in [-0.2, -0.15) is 0 Å². The quantitative estimate of drug-likeness (QED) is 0.609. The summed E-state index contributed by atoms with van der Waals surface area (Å²) in [6.45, 7) is 0. The van der Waals surface area contributed by atoms with Gasteiger partial charge in [0.2, 0.25) is 6.29 Å². The van der Waals surface area contributed by atoms with Crippen LogP contribution < -0.4 is 0 Å². The summed E-state index contributed by atoms with van der Waals surface area (Å²) in [5.41, 5.74) is 0.952. The zero-order chi connectivity index (χ0) is 11.1. The van der Waals surface area contributed by atoms with E-state index in [2.05, 4.69) is 4.74 Å². The molecular weight excluding hydrogens is 196 g/mol. The summed E-state index contributed by atoms with van der Waals surface area (Å²) in [5, 5.41) is 8.38. The lowest BCUT2D eigenvalue weighted by atomic mass is 10.2. The Bertz CT molecular complexity index is 332. The first-order chi connectivity index (χ1) is 7.22. The third-order valence-corrected chi connectivity index (χ3v) is 1.69. The van der Waals surface area contributed by atoms with E-state index >= 15 is 0 Å². The summed E-state index contributed by atoms with van der Waals surface area (Å²) in [7, 11) is 1.38. The maximum atomic E-state index is 10.2. The molecule has 0 fully saturated rings. The third kappa shape index (κ3) is 4.28. The predicted molar refractivity (Wildman–Crippen MR) is 55.4 cm³/mol. The average molecular weight is 208 g/mol. The number of rotatable bonds is 4. The standard InChI is InChI=1S/C11H12O4/c1-14-10(15-11(12)13)8-7-9-5-3-2-4-6-9/h2-8,10H,1H3,(H,12,13). The number of hydrogen-bond acceptors (Lipinski definition) is 3. The molecule has 0 saturated heterocycles. The minimum atomic E-state index is -1.36. The first kappa shape index (κ1) is 11.3. The van der Waals surface area contributed by atoms with Crippen molar-refractivity contribution in [2.75, 3.05) is 7.11 Å². The van der Waals surface area contributed by atoms with Crippen LogP contribution in [-0.2, 0) is 9.47 Å². The van der Waals surface area contributed by atoms with Crippen molar-refractivity contribution in [3.63, 3.8) is 0 Å². The highest BCUT2D eigenvalue weighted by atomic mass is 16.7. The van der Waals surface area contributed by atoms with E-state index in [4.69, 9.17) is 9.84 Å². The summed E-state index contributed by atoms with van der Waals surface area (Å²) < 4.78 is 9.22. The topological polar surface area (TPSA) is 55.8 Å². The molecule has 1 N–H and O–H groups in total. The van der Waals surface area contributed by atoms with Crippen molar-refractivity contribution in [1.29, 1.82) is 0 Å². The van der Waals surface area contributed by atoms with Crippen LogP contribution in [0, 0.1) is 0 Å². The Morgan fingerprint density at radius 1 is 1.40 bits per heavy atom. The number of carbonyl (C=O) groups is 1. The molecule has 15 heavy (non-hydrogen) atoms. The number of hydrogen-bond donors (Lipinski definition) is 1. The molecule has 0 aliphatic carbocycles. The Morgan fingerprint density at radius 3 is 2.60 bits per heavy atom. The van der Waals surface area contributed by atoms with E-state index in [1.807, 2.05) is 30.3 Å². The number of carboxylic acid groups (broad SMARTS) is 1. The summed E-state index contributed by atoms with van der Waals surface area (Å²) >= 11 is 0. The molecule has 80 valence electrons. The van der Waals surface area contributed by atoms with Crippen LogP contribution in [0.2, 0.25) is 0 Å². The van der Waals surface area contributed by atoms with Gasteiger partial charge in [0.15, 0.2) is 0 Å². The lowest BCUT2D eigenvalue weighted by molar-refractivity contribution is -0.0642. The van der Waals surface area contributed by atoms with E-state index in [9.17, 15) is 4.79 Å². The van der Waals surface area contributed by atoms with Crippen LogP contribution in [0.4, 0.5) is 4.79 Å². The second-order valence-corrected chi connectivity index (χ2v) is 2.76. The summed E-state index contributed by atoms with van der Waals surface area (Å²) in [6, 6.07) is 9.46. The molecule has 1 rings (SSSR count). The normalized spacial score (nSPS) is 12.6. The van der Waals surface area contributed by atoms with Crippen molar-refractivity contribution < 1.29 is 19.4 Å². The Balaban J connectivity index is 2.58. The molecule has 0 aliphatic heterocycles. The van der Waals surface area contributed by atoms with E-state index in [1.165, 1.54) is 13.2 Å². The largest absolute Gasteiger partial charge is 0.508 e. The van der Waals surface area contributed by atoms with E-state index in [-0.39, 0.29) is 0 Å². The van der Waals surface area contributed by atoms with Crippen molar-refractivity contribution in [2.45, 2.75) is 6.29 Å². The Kier molecular flexibility index (Phi) is 4.37. The van der Waals surface area contributed by atoms with Gasteiger partial charge in [-0.15, -0.1) is 0 Å². The minimum absolute atomic E-state index is 0.872. The van der Waals surface area contributed by atoms with Gasteiger partial charge in [0.05, 0.1) is 0 Å². The number of methoxy groups -OCH3 is 1. The van der Waals surface area contributed by atoms with Crippen LogP contribution in [0.25, 0.3) is 6.08 Å². The fraction of sp³-hybridized carbons (Fsp3) is 0.182. The van der Waals surface area contributed by atoms with Gasteiger partial charge in [-0.05, 0) is 11.6 Å². The first-order valence-corrected chi connectivity index (χ1v) is 4.38. The Hall–Kier alpha value is -1.81. The molecule has 1 aromatic rings. The van der Waals surface area contributed by atoms with Crippen molar-refractivity contribution in [2.24, 2.45) is 0 Å². The minimum Gasteiger partial charge on any atom is -0.450 e. The molecule has 0 saturated carbocycles. The highest BCUT2D eigenvalue weighted by Crippen LogP contribution is 2.04. The summed E-state index contributed by atoms with van der Waals surface area (Å²) in [5.74, 6) is 0. The molecule has 4 heteroatoms. The molecule has 0 aliphatic rings. The molecule has 0 heterocycles. The van der Waals surface area contributed by atoms with Gasteiger partial charge in [0.25, 0.3) is 0 Å². The lowest BCUT2D eigenvalue weighted by Crippen LogP contribution is -2.15. The monoisotopic (exact) mass is 208 g/mol. The fourth-order valence-electron chi connectivity index (χ4n) is 1.02. The SMILES string of the molecule is COC(C=Cc1ccccc1)OC(=O)O. The summed E-state index contributed by atoms with van der Waals surface area (Å²) in [4.78, 5) is 10.2. The fourth-order valence-corrected chi connectivity index (χ4v) is 1.02. The maximum absolute atomic E-state index is 10.2. The van der Waals surface area contributed by atoms with Gasteiger partial charge in [0.1, 0.15) is 0 Å². The first-order valence-electron chi connectivity index (χ1n) is 4.38. The van der Waals surface area contributed by atoms with Crippen LogP contribution >= 0.6 is 0 Å². The third-order valence-electron chi connectivity index (χ3n) is 1.69. The molecule has 4 nitrogen and oxygen atoms in total. The van der Waals surface area contributed by atoms with E-state index in [1.54, 1.807) is 6.08 Å². The van der Waals surface area contributed by atoms with Crippen LogP contribution in [-0.4, -0.2) is 24.7 Å². The molecular formula is C11H12O4. The van der Waals surface area contributed by atoms with Gasteiger partial charge in [-0.25, -0.2) is 4.79 Å². The molecule has 0 amide bonds. The molecule has 1 atom stereocenters. The second-order valence-electron chi connectivity index (χ2n) is 2.76. The van der Waals surface area contributed by atoms with Crippen molar-refractivity contribution in [3.05, 3.63) is 42.0 Å². The second kappa shape index (κ2) is 5.82. The molecule has 0 bridgehead atoms. The van der Waals surface area contributed by atoms with Crippen LogP contribution in [0.5, 0.6) is 0 Å². The molecule has 0 radical (unpaired) electrons. The van der Waals surface area contributed by atoms with Crippen molar-refractivity contribution in [3.8, 4) is 0 Å². The average Bonchev–Trinajstić information content (AvgIpc) is 2.25. The van der Waals surface area contributed by atoms with Crippen LogP contribution in [0.1, 0.15) is 5.56 Å². The highest BCUT2D eigenvalue weighted by Gasteiger charge is 2.07. The highest BCUT2D eigenvalue weighted by molar-refractivity contribution is 5.57. The van der Waals surface area contributed by atoms with Crippen molar-refractivity contribution >= 4 is 12.2 Å². The summed E-state index contributed by atoms with van der Waals surface area (Å²) in [6.07, 6.45) is 1.03. The van der Waals surface area contributed by atoms with Crippen molar-refractivity contribution in [1.82, 2.24) is 0 Å². The van der Waals surface area contributed by atoms with Crippen LogP contribution in [0.3, 0.4) is 0 Å². The van der Waals surface area contributed by atoms with E-state index < -0.39 is 12.4 Å². The lowest BCUT2D eigenvalue weighted by Gasteiger charge is -2.08. The van der Waals surface area contributed by atoms with Gasteiger partial charge in [-0.1, -0.05) is 36.4 Å².